The van der Waals surface area contributed by atoms with Gasteiger partial charge in [0.1, 0.15) is 5.70 Å². The Morgan fingerprint density at radius 2 is 1.53 bits per heavy atom. The second-order valence-electron chi connectivity index (χ2n) is 9.52. The summed E-state index contributed by atoms with van der Waals surface area (Å²) < 4.78 is 0. The minimum Gasteiger partial charge on any atom is -0.478 e. The van der Waals surface area contributed by atoms with Gasteiger partial charge in [-0.1, -0.05) is 65.7 Å². The number of benzene rings is 4. The number of aryl methyl sites for hydroxylation is 1. The van der Waals surface area contributed by atoms with Crippen LogP contribution in [0.25, 0.3) is 6.08 Å². The lowest BCUT2D eigenvalue weighted by Crippen LogP contribution is -2.30. The van der Waals surface area contributed by atoms with Gasteiger partial charge in [-0.3, -0.25) is 14.4 Å². The largest absolute Gasteiger partial charge is 0.478 e. The fourth-order valence-electron chi connectivity index (χ4n) is 3.89. The Kier molecular flexibility index (Phi) is 10.4. The van der Waals surface area contributed by atoms with E-state index in [0.717, 1.165) is 11.1 Å². The molecule has 0 aliphatic heterocycles. The van der Waals surface area contributed by atoms with E-state index in [1.807, 2.05) is 31.2 Å². The molecule has 0 radical (unpaired) electrons. The molecule has 0 bridgehead atoms. The average molecular weight is 614 g/mol. The van der Waals surface area contributed by atoms with E-state index in [1.165, 1.54) is 30.0 Å². The summed E-state index contributed by atoms with van der Waals surface area (Å²) in [4.78, 5) is 51.1. The quantitative estimate of drug-likeness (QED) is 0.114. The Hall–Kier alpha value is -4.86. The van der Waals surface area contributed by atoms with Gasteiger partial charge in [0.15, 0.2) is 0 Å². The molecule has 10 heteroatoms. The zero-order valence-corrected chi connectivity index (χ0v) is 24.8. The molecule has 0 spiro atoms. The summed E-state index contributed by atoms with van der Waals surface area (Å²) in [5, 5.41) is 17.0. The molecule has 4 rings (SSSR count). The molecule has 0 aliphatic carbocycles. The van der Waals surface area contributed by atoms with Crippen LogP contribution in [0.5, 0.6) is 0 Å². The molecule has 4 aromatic rings. The van der Waals surface area contributed by atoms with E-state index in [0.29, 0.717) is 21.8 Å². The minimum absolute atomic E-state index is 0.0622. The summed E-state index contributed by atoms with van der Waals surface area (Å²) in [5.74, 6) is -2.48. The highest BCUT2D eigenvalue weighted by Gasteiger charge is 2.18. The van der Waals surface area contributed by atoms with Crippen molar-refractivity contribution in [3.8, 4) is 0 Å². The Morgan fingerprint density at radius 1 is 0.837 bits per heavy atom. The van der Waals surface area contributed by atoms with Crippen LogP contribution in [-0.2, 0) is 9.59 Å². The molecule has 0 saturated carbocycles. The van der Waals surface area contributed by atoms with Gasteiger partial charge in [-0.15, -0.1) is 11.8 Å². The third kappa shape index (κ3) is 8.81. The highest BCUT2D eigenvalue weighted by atomic mass is 35.5. The Labute approximate surface area is 258 Å². The van der Waals surface area contributed by atoms with Crippen molar-refractivity contribution in [2.24, 2.45) is 0 Å². The number of amides is 3. The van der Waals surface area contributed by atoms with Crippen LogP contribution in [0.2, 0.25) is 5.02 Å². The van der Waals surface area contributed by atoms with Crippen molar-refractivity contribution in [1.29, 1.82) is 0 Å². The Bertz CT molecular complexity index is 1690. The lowest BCUT2D eigenvalue weighted by Gasteiger charge is -2.14. The Balaban J connectivity index is 1.47. The molecule has 0 aromatic heterocycles. The van der Waals surface area contributed by atoms with Crippen LogP contribution in [0.4, 0.5) is 11.4 Å². The van der Waals surface area contributed by atoms with E-state index in [1.54, 1.807) is 67.6 Å². The van der Waals surface area contributed by atoms with Gasteiger partial charge in [0.2, 0.25) is 5.91 Å². The second kappa shape index (κ2) is 14.4. The number of hydrogen-bond donors (Lipinski definition) is 4. The lowest BCUT2D eigenvalue weighted by molar-refractivity contribution is -0.115. The van der Waals surface area contributed by atoms with Crippen molar-refractivity contribution in [2.45, 2.75) is 24.0 Å². The summed E-state index contributed by atoms with van der Waals surface area (Å²) in [6.07, 6.45) is 1.60. The van der Waals surface area contributed by atoms with Crippen LogP contribution in [0, 0.1) is 6.92 Å². The third-order valence-corrected chi connectivity index (χ3v) is 7.58. The van der Waals surface area contributed by atoms with Crippen molar-refractivity contribution in [3.05, 3.63) is 130 Å². The van der Waals surface area contributed by atoms with Crippen LogP contribution >= 0.6 is 23.4 Å². The van der Waals surface area contributed by atoms with Crippen molar-refractivity contribution < 1.29 is 24.3 Å². The van der Waals surface area contributed by atoms with Gasteiger partial charge in [-0.25, -0.2) is 4.79 Å². The zero-order valence-electron chi connectivity index (χ0n) is 23.3. The first-order chi connectivity index (χ1) is 20.6. The summed E-state index contributed by atoms with van der Waals surface area (Å²) >= 11 is 7.17. The molecule has 3 amide bonds. The fraction of sp³-hybridized carbons (Fsp3) is 0.0909. The SMILES string of the molecule is Cc1ccc(/C=C(\NC(=O)c2ccccc2)C(=O)Nc2cccc(SC(C)C(=O)Nc3ccc(Cl)c(C(=O)O)c3)c2)cc1. The van der Waals surface area contributed by atoms with Crippen molar-refractivity contribution in [3.63, 3.8) is 0 Å². The first-order valence-corrected chi connectivity index (χ1v) is 14.4. The van der Waals surface area contributed by atoms with Crippen LogP contribution < -0.4 is 16.0 Å². The summed E-state index contributed by atoms with van der Waals surface area (Å²) in [6.45, 7) is 3.67. The number of carbonyl (C=O) groups is 4. The monoisotopic (exact) mass is 613 g/mol. The number of halogens is 1. The fourth-order valence-corrected chi connectivity index (χ4v) is 5.01. The van der Waals surface area contributed by atoms with Crippen molar-refractivity contribution in [2.75, 3.05) is 10.6 Å². The second-order valence-corrected chi connectivity index (χ2v) is 11.3. The molecule has 0 fully saturated rings. The van der Waals surface area contributed by atoms with Gasteiger partial charge in [-0.05, 0) is 74.0 Å². The molecule has 1 atom stereocenters. The number of carboxylic acid groups (broad SMARTS) is 1. The number of rotatable bonds is 10. The smallest absolute Gasteiger partial charge is 0.337 e. The maximum Gasteiger partial charge on any atom is 0.337 e. The molecule has 218 valence electrons. The van der Waals surface area contributed by atoms with Crippen molar-refractivity contribution >= 4 is 64.5 Å². The number of thioether (sulfide) groups is 1. The van der Waals surface area contributed by atoms with Crippen LogP contribution in [0.1, 0.15) is 38.8 Å². The van der Waals surface area contributed by atoms with Crippen LogP contribution in [0.3, 0.4) is 0 Å². The highest BCUT2D eigenvalue weighted by molar-refractivity contribution is 8.00. The van der Waals surface area contributed by atoms with Gasteiger partial charge in [0.25, 0.3) is 11.8 Å². The van der Waals surface area contributed by atoms with E-state index in [-0.39, 0.29) is 22.2 Å². The van der Waals surface area contributed by atoms with Gasteiger partial charge in [0.05, 0.1) is 15.8 Å². The predicted octanol–water partition coefficient (Wildman–Crippen LogP) is 6.88. The number of hydrogen-bond acceptors (Lipinski definition) is 5. The number of carboxylic acids is 1. The molecular weight excluding hydrogens is 586 g/mol. The Morgan fingerprint density at radius 3 is 2.23 bits per heavy atom. The summed E-state index contributed by atoms with van der Waals surface area (Å²) in [6, 6.07) is 27.3. The highest BCUT2D eigenvalue weighted by Crippen LogP contribution is 2.28. The topological polar surface area (TPSA) is 125 Å². The number of anilines is 2. The number of aromatic carboxylic acids is 1. The van der Waals surface area contributed by atoms with E-state index >= 15 is 0 Å². The number of carbonyl (C=O) groups excluding carboxylic acids is 3. The van der Waals surface area contributed by atoms with E-state index < -0.39 is 23.0 Å². The molecule has 43 heavy (non-hydrogen) atoms. The minimum atomic E-state index is -1.20. The molecule has 0 saturated heterocycles. The number of nitrogens with one attached hydrogen (secondary N) is 3. The molecular formula is C33H28ClN3O5S. The summed E-state index contributed by atoms with van der Waals surface area (Å²) in [7, 11) is 0. The molecule has 4 N–H and O–H groups in total. The van der Waals surface area contributed by atoms with Crippen molar-refractivity contribution in [1.82, 2.24) is 5.32 Å². The maximum atomic E-state index is 13.4. The molecule has 8 nitrogen and oxygen atoms in total. The van der Waals surface area contributed by atoms with E-state index in [2.05, 4.69) is 16.0 Å². The average Bonchev–Trinajstić information content (AvgIpc) is 2.99. The first-order valence-electron chi connectivity index (χ1n) is 13.2. The molecule has 1 unspecified atom stereocenters. The lowest BCUT2D eigenvalue weighted by atomic mass is 10.1. The predicted molar refractivity (Wildman–Crippen MR) is 170 cm³/mol. The van der Waals surface area contributed by atoms with Gasteiger partial charge in [0, 0.05) is 21.8 Å². The first kappa shape index (κ1) is 31.1. The molecule has 0 heterocycles. The van der Waals surface area contributed by atoms with Gasteiger partial charge < -0.3 is 21.1 Å². The zero-order chi connectivity index (χ0) is 30.9. The van der Waals surface area contributed by atoms with Crippen LogP contribution in [0.15, 0.2) is 108 Å². The van der Waals surface area contributed by atoms with E-state index in [4.69, 9.17) is 11.6 Å². The molecule has 4 aromatic carbocycles. The van der Waals surface area contributed by atoms with Gasteiger partial charge in [-0.2, -0.15) is 0 Å². The third-order valence-electron chi connectivity index (χ3n) is 6.16. The normalized spacial score (nSPS) is 11.7. The summed E-state index contributed by atoms with van der Waals surface area (Å²) in [5.41, 5.74) is 2.94. The molecule has 0 aliphatic rings. The van der Waals surface area contributed by atoms with E-state index in [9.17, 15) is 24.3 Å². The van der Waals surface area contributed by atoms with Crippen LogP contribution in [-0.4, -0.2) is 34.0 Å². The van der Waals surface area contributed by atoms with Gasteiger partial charge >= 0.3 is 5.97 Å². The maximum absolute atomic E-state index is 13.4. The standard InChI is InChI=1S/C33H28ClN3O5S/c1-20-11-13-22(14-12-20)17-29(37-31(39)23-7-4-3-5-8-23)32(40)36-24-9-6-10-26(18-24)43-21(2)30(38)35-25-15-16-28(34)27(19-25)33(41)42/h3-19,21H,1-2H3,(H,35,38)(H,36,40)(H,37,39)(H,41,42)/b29-17-.